The lowest BCUT2D eigenvalue weighted by Crippen LogP contribution is -2.57. The molecule has 1 fully saturated rings. The van der Waals surface area contributed by atoms with Gasteiger partial charge in [-0.15, -0.1) is 0 Å². The summed E-state index contributed by atoms with van der Waals surface area (Å²) in [6.07, 6.45) is -3.03. The Balaban J connectivity index is 1.92. The molecule has 37 heavy (non-hydrogen) atoms. The summed E-state index contributed by atoms with van der Waals surface area (Å²) >= 11 is 0. The topological polar surface area (TPSA) is 91.4 Å². The fourth-order valence-corrected chi connectivity index (χ4v) is 4.88. The number of anilines is 1. The van der Waals surface area contributed by atoms with Gasteiger partial charge in [-0.1, -0.05) is 0 Å². The minimum atomic E-state index is -3.99. The third-order valence-electron chi connectivity index (χ3n) is 6.57. The lowest BCUT2D eigenvalue weighted by molar-refractivity contribution is -0.176. The van der Waals surface area contributed by atoms with Gasteiger partial charge in [0.05, 0.1) is 11.7 Å². The van der Waals surface area contributed by atoms with Crippen molar-refractivity contribution < 1.29 is 32.6 Å². The van der Waals surface area contributed by atoms with Crippen LogP contribution in [0, 0.1) is 0 Å². The lowest BCUT2D eigenvalue weighted by Gasteiger charge is -2.44. The van der Waals surface area contributed by atoms with E-state index in [1.807, 2.05) is 27.7 Å². The molecule has 2 heterocycles. The van der Waals surface area contributed by atoms with Gasteiger partial charge >= 0.3 is 12.2 Å². The third kappa shape index (κ3) is 6.88. The lowest BCUT2D eigenvalue weighted by atomic mass is 9.90. The maximum Gasteiger partial charge on any atom is 0.458 e. The third-order valence-corrected chi connectivity index (χ3v) is 6.57. The molecule has 0 bridgehead atoms. The van der Waals surface area contributed by atoms with Gasteiger partial charge < -0.3 is 29.5 Å². The predicted molar refractivity (Wildman–Crippen MR) is 135 cm³/mol. The van der Waals surface area contributed by atoms with Crippen LogP contribution in [0.2, 0.25) is 0 Å². The van der Waals surface area contributed by atoms with Crippen LogP contribution in [0.15, 0.2) is 12.1 Å². The minimum absolute atomic E-state index is 0.156. The maximum atomic E-state index is 13.9. The molecule has 2 atom stereocenters. The van der Waals surface area contributed by atoms with Crippen LogP contribution in [-0.2, 0) is 16.0 Å². The van der Waals surface area contributed by atoms with E-state index in [0.717, 1.165) is 12.8 Å². The highest BCUT2D eigenvalue weighted by atomic mass is 19.3. The second-order valence-electron chi connectivity index (χ2n) is 10.8. The van der Waals surface area contributed by atoms with E-state index in [-0.39, 0.29) is 29.4 Å². The number of amides is 2. The molecule has 0 spiro atoms. The summed E-state index contributed by atoms with van der Waals surface area (Å²) in [7, 11) is 3.48. The molecule has 1 aromatic carbocycles. The second-order valence-corrected chi connectivity index (χ2v) is 10.8. The zero-order valence-corrected chi connectivity index (χ0v) is 22.5. The van der Waals surface area contributed by atoms with E-state index in [1.165, 1.54) is 6.07 Å². The van der Waals surface area contributed by atoms with E-state index >= 15 is 0 Å². The normalized spacial score (nSPS) is 20.4. The van der Waals surface area contributed by atoms with Gasteiger partial charge in [0.25, 0.3) is 5.91 Å². The van der Waals surface area contributed by atoms with E-state index in [1.54, 1.807) is 34.9 Å². The molecule has 1 saturated heterocycles. The standard InChI is InChI=1S/C26H38F2N4O5/c1-17-12-18-13-22(36-26(27,28)16-33)21(30(6)11-9-29-5)14-20(18)23(34)32(17)19-8-7-10-31(15-19)24(35)37-25(2,3)4/h13-14,16-17,19,29H,7-12,15H2,1-6H3. The van der Waals surface area contributed by atoms with Gasteiger partial charge in [0.15, 0.2) is 5.75 Å². The van der Waals surface area contributed by atoms with Crippen LogP contribution in [0.3, 0.4) is 0 Å². The Labute approximate surface area is 217 Å². The second kappa shape index (κ2) is 11.2. The number of carbonyl (C=O) groups is 3. The number of benzene rings is 1. The average Bonchev–Trinajstić information content (AvgIpc) is 2.81. The monoisotopic (exact) mass is 524 g/mol. The van der Waals surface area contributed by atoms with Crippen LogP contribution in [0.4, 0.5) is 19.3 Å². The Morgan fingerprint density at radius 3 is 2.62 bits per heavy atom. The maximum absolute atomic E-state index is 13.9. The number of carbonyl (C=O) groups excluding carboxylic acids is 3. The smallest absolute Gasteiger partial charge is 0.444 e. The minimum Gasteiger partial charge on any atom is -0.444 e. The Morgan fingerprint density at radius 1 is 1.30 bits per heavy atom. The van der Waals surface area contributed by atoms with Gasteiger partial charge in [-0.25, -0.2) is 4.79 Å². The van der Waals surface area contributed by atoms with E-state index in [9.17, 15) is 23.2 Å². The highest BCUT2D eigenvalue weighted by Crippen LogP contribution is 2.38. The van der Waals surface area contributed by atoms with Crippen LogP contribution >= 0.6 is 0 Å². The Bertz CT molecular complexity index is 1010. The highest BCUT2D eigenvalue weighted by Gasteiger charge is 2.40. The van der Waals surface area contributed by atoms with Crippen LogP contribution in [0.5, 0.6) is 5.75 Å². The van der Waals surface area contributed by atoms with Crippen LogP contribution in [0.25, 0.3) is 0 Å². The first-order valence-corrected chi connectivity index (χ1v) is 12.6. The Morgan fingerprint density at radius 2 is 2.00 bits per heavy atom. The fourth-order valence-electron chi connectivity index (χ4n) is 4.88. The zero-order chi connectivity index (χ0) is 27.5. The number of likely N-dealkylation sites (tertiary alicyclic amines) is 1. The SMILES string of the molecule is CNCCN(C)c1cc2c(cc1OC(F)(F)C=O)CC(C)N(C1CCCN(C(=O)OC(C)(C)C)C1)C2=O. The summed E-state index contributed by atoms with van der Waals surface area (Å²) in [6, 6.07) is 2.59. The van der Waals surface area contributed by atoms with Crippen molar-refractivity contribution in [2.75, 3.05) is 45.2 Å². The fraction of sp³-hybridized carbons (Fsp3) is 0.654. The number of ether oxygens (including phenoxy) is 2. The number of rotatable bonds is 8. The van der Waals surface area contributed by atoms with E-state index in [4.69, 9.17) is 9.47 Å². The largest absolute Gasteiger partial charge is 0.458 e. The van der Waals surface area contributed by atoms with Crippen molar-refractivity contribution in [1.29, 1.82) is 0 Å². The van der Waals surface area contributed by atoms with Gasteiger partial charge in [0.2, 0.25) is 6.29 Å². The summed E-state index contributed by atoms with van der Waals surface area (Å²) in [5, 5.41) is 3.00. The first-order chi connectivity index (χ1) is 17.3. The van der Waals surface area contributed by atoms with Crippen molar-refractivity contribution >= 4 is 24.0 Å². The molecule has 2 unspecified atom stereocenters. The van der Waals surface area contributed by atoms with Crippen molar-refractivity contribution in [1.82, 2.24) is 15.1 Å². The molecule has 11 heteroatoms. The van der Waals surface area contributed by atoms with Crippen molar-refractivity contribution in [3.05, 3.63) is 23.3 Å². The molecule has 2 amide bonds. The molecule has 0 aliphatic carbocycles. The van der Waals surface area contributed by atoms with Crippen molar-refractivity contribution in [2.45, 2.75) is 70.8 Å². The number of fused-ring (bicyclic) bond motifs is 1. The molecular weight excluding hydrogens is 486 g/mol. The first-order valence-electron chi connectivity index (χ1n) is 12.6. The van der Waals surface area contributed by atoms with Gasteiger partial charge in [-0.2, -0.15) is 8.78 Å². The summed E-state index contributed by atoms with van der Waals surface area (Å²) in [4.78, 5) is 42.5. The number of likely N-dealkylation sites (N-methyl/N-ethyl adjacent to an activating group) is 2. The molecule has 0 aromatic heterocycles. The summed E-state index contributed by atoms with van der Waals surface area (Å²) in [5.74, 6) is -0.376. The molecule has 3 rings (SSSR count). The Hall–Kier alpha value is -2.95. The number of halogens is 2. The number of hydrogen-bond donors (Lipinski definition) is 1. The summed E-state index contributed by atoms with van der Waals surface area (Å²) in [6.45, 7) is 9.29. The average molecular weight is 525 g/mol. The van der Waals surface area contributed by atoms with Crippen LogP contribution in [0.1, 0.15) is 56.5 Å². The van der Waals surface area contributed by atoms with Crippen LogP contribution in [-0.4, -0.2) is 92.2 Å². The molecule has 2 aliphatic heterocycles. The molecule has 0 radical (unpaired) electrons. The van der Waals surface area contributed by atoms with E-state index in [0.29, 0.717) is 43.7 Å². The molecule has 0 saturated carbocycles. The number of nitrogens with zero attached hydrogens (tertiary/aromatic N) is 3. The van der Waals surface area contributed by atoms with Crippen molar-refractivity contribution in [3.8, 4) is 5.75 Å². The van der Waals surface area contributed by atoms with Gasteiger partial charge in [0.1, 0.15) is 5.60 Å². The van der Waals surface area contributed by atoms with Gasteiger partial charge in [0, 0.05) is 44.8 Å². The zero-order valence-electron chi connectivity index (χ0n) is 22.5. The van der Waals surface area contributed by atoms with E-state index in [2.05, 4.69) is 5.32 Å². The highest BCUT2D eigenvalue weighted by molar-refractivity contribution is 5.99. The van der Waals surface area contributed by atoms with E-state index < -0.39 is 24.1 Å². The van der Waals surface area contributed by atoms with Crippen LogP contribution < -0.4 is 15.0 Å². The first kappa shape index (κ1) is 28.6. The number of alkyl halides is 2. The van der Waals surface area contributed by atoms with Gasteiger partial charge in [-0.05, 0) is 71.7 Å². The predicted octanol–water partition coefficient (Wildman–Crippen LogP) is 3.30. The molecule has 1 N–H and O–H groups in total. The van der Waals surface area contributed by atoms with Gasteiger partial charge in [-0.3, -0.25) is 9.59 Å². The van der Waals surface area contributed by atoms with Crippen molar-refractivity contribution in [3.63, 3.8) is 0 Å². The molecular formula is C26H38F2N4O5. The summed E-state index contributed by atoms with van der Waals surface area (Å²) in [5.41, 5.74) is 0.655. The number of hydrogen-bond acceptors (Lipinski definition) is 7. The number of nitrogens with one attached hydrogen (secondary N) is 1. The van der Waals surface area contributed by atoms with Crippen molar-refractivity contribution in [2.24, 2.45) is 0 Å². The molecule has 1 aromatic rings. The summed E-state index contributed by atoms with van der Waals surface area (Å²) < 4.78 is 38.1. The quantitative estimate of drug-likeness (QED) is 0.522. The Kier molecular flexibility index (Phi) is 8.66. The number of piperidine rings is 1. The molecule has 2 aliphatic rings. The number of aldehydes is 1. The molecule has 206 valence electrons. The molecule has 9 nitrogen and oxygen atoms in total.